The lowest BCUT2D eigenvalue weighted by molar-refractivity contribution is 0.207. The summed E-state index contributed by atoms with van der Waals surface area (Å²) < 4.78 is 0. The Bertz CT molecular complexity index is 378. The molecule has 0 atom stereocenters. The lowest BCUT2D eigenvalue weighted by atomic mass is 10.2. The maximum absolute atomic E-state index is 11.8. The summed E-state index contributed by atoms with van der Waals surface area (Å²) >= 11 is 0. The topological polar surface area (TPSA) is 49.6 Å². The Morgan fingerprint density at radius 1 is 1.33 bits per heavy atom. The summed E-state index contributed by atoms with van der Waals surface area (Å²) in [5.41, 5.74) is 7.26. The molecule has 1 fully saturated rings. The van der Waals surface area contributed by atoms with E-state index < -0.39 is 0 Å². The van der Waals surface area contributed by atoms with E-state index in [-0.39, 0.29) is 6.03 Å². The lowest BCUT2D eigenvalue weighted by Crippen LogP contribution is -2.47. The van der Waals surface area contributed by atoms with Gasteiger partial charge in [-0.25, -0.2) is 4.79 Å². The molecule has 15 heavy (non-hydrogen) atoms. The van der Waals surface area contributed by atoms with Crippen LogP contribution in [0.4, 0.5) is 16.2 Å². The van der Waals surface area contributed by atoms with Gasteiger partial charge in [0.25, 0.3) is 0 Å². The van der Waals surface area contributed by atoms with Gasteiger partial charge in [-0.2, -0.15) is 0 Å². The smallest absolute Gasteiger partial charge is 0.324 e. The summed E-state index contributed by atoms with van der Waals surface area (Å²) in [5, 5.41) is 0. The molecule has 0 saturated carbocycles. The van der Waals surface area contributed by atoms with Crippen LogP contribution in [0.3, 0.4) is 0 Å². The van der Waals surface area contributed by atoms with Crippen molar-refractivity contribution in [1.29, 1.82) is 0 Å². The standard InChI is InChI=1S/C11H15N3O/c1-13-6-3-7-14(11(13)15)10-5-2-4-9(12)8-10/h2,4-5,8H,3,6-7,12H2,1H3. The van der Waals surface area contributed by atoms with Crippen LogP contribution in [-0.4, -0.2) is 31.1 Å². The van der Waals surface area contributed by atoms with Crippen molar-refractivity contribution >= 4 is 17.4 Å². The van der Waals surface area contributed by atoms with Gasteiger partial charge in [0.15, 0.2) is 0 Å². The van der Waals surface area contributed by atoms with Crippen molar-refractivity contribution in [2.75, 3.05) is 30.8 Å². The zero-order chi connectivity index (χ0) is 10.8. The lowest BCUT2D eigenvalue weighted by Gasteiger charge is -2.33. The van der Waals surface area contributed by atoms with Gasteiger partial charge >= 0.3 is 6.03 Å². The number of hydrogen-bond donors (Lipinski definition) is 1. The average molecular weight is 205 g/mol. The monoisotopic (exact) mass is 205 g/mol. The van der Waals surface area contributed by atoms with Gasteiger partial charge in [0.05, 0.1) is 0 Å². The third-order valence-electron chi connectivity index (χ3n) is 2.61. The third-order valence-corrected chi connectivity index (χ3v) is 2.61. The fraction of sp³-hybridized carbons (Fsp3) is 0.364. The minimum absolute atomic E-state index is 0.0480. The Hall–Kier alpha value is -1.71. The van der Waals surface area contributed by atoms with Crippen LogP contribution in [0.2, 0.25) is 0 Å². The van der Waals surface area contributed by atoms with E-state index in [9.17, 15) is 4.79 Å². The van der Waals surface area contributed by atoms with Crippen LogP contribution in [0.5, 0.6) is 0 Å². The molecule has 4 heteroatoms. The number of rotatable bonds is 1. The summed E-state index contributed by atoms with van der Waals surface area (Å²) in [4.78, 5) is 15.3. The van der Waals surface area contributed by atoms with Gasteiger partial charge in [-0.15, -0.1) is 0 Å². The van der Waals surface area contributed by atoms with Crippen LogP contribution in [-0.2, 0) is 0 Å². The van der Waals surface area contributed by atoms with Gasteiger partial charge in [0.1, 0.15) is 0 Å². The fourth-order valence-electron chi connectivity index (χ4n) is 1.80. The minimum atomic E-state index is 0.0480. The Morgan fingerprint density at radius 2 is 2.13 bits per heavy atom. The van der Waals surface area contributed by atoms with Crippen molar-refractivity contribution in [3.05, 3.63) is 24.3 Å². The van der Waals surface area contributed by atoms with Crippen LogP contribution < -0.4 is 10.6 Å². The molecule has 0 unspecified atom stereocenters. The first kappa shape index (κ1) is 9.83. The number of carbonyl (C=O) groups is 1. The molecule has 4 nitrogen and oxygen atoms in total. The molecule has 1 saturated heterocycles. The maximum atomic E-state index is 11.8. The molecule has 1 aromatic rings. The highest BCUT2D eigenvalue weighted by molar-refractivity contribution is 5.92. The fourth-order valence-corrected chi connectivity index (χ4v) is 1.80. The highest BCUT2D eigenvalue weighted by atomic mass is 16.2. The van der Waals surface area contributed by atoms with Crippen LogP contribution >= 0.6 is 0 Å². The van der Waals surface area contributed by atoms with Crippen molar-refractivity contribution in [3.63, 3.8) is 0 Å². The van der Waals surface area contributed by atoms with Gasteiger partial charge in [-0.3, -0.25) is 4.90 Å². The van der Waals surface area contributed by atoms with Crippen molar-refractivity contribution in [2.24, 2.45) is 0 Å². The maximum Gasteiger partial charge on any atom is 0.324 e. The van der Waals surface area contributed by atoms with Crippen molar-refractivity contribution < 1.29 is 4.79 Å². The molecular weight excluding hydrogens is 190 g/mol. The van der Waals surface area contributed by atoms with Gasteiger partial charge in [0, 0.05) is 31.5 Å². The zero-order valence-electron chi connectivity index (χ0n) is 8.81. The number of nitrogens with zero attached hydrogens (tertiary/aromatic N) is 2. The van der Waals surface area contributed by atoms with E-state index in [0.29, 0.717) is 5.69 Å². The molecule has 0 aromatic heterocycles. The van der Waals surface area contributed by atoms with Gasteiger partial charge in [0.2, 0.25) is 0 Å². The Morgan fingerprint density at radius 3 is 2.87 bits per heavy atom. The third kappa shape index (κ3) is 1.88. The number of carbonyl (C=O) groups excluding carboxylic acids is 1. The first-order valence-electron chi connectivity index (χ1n) is 5.06. The predicted molar refractivity (Wildman–Crippen MR) is 60.8 cm³/mol. The van der Waals surface area contributed by atoms with E-state index in [1.807, 2.05) is 31.3 Å². The number of hydrogen-bond acceptors (Lipinski definition) is 2. The first-order valence-corrected chi connectivity index (χ1v) is 5.06. The van der Waals surface area contributed by atoms with Crippen molar-refractivity contribution in [3.8, 4) is 0 Å². The van der Waals surface area contributed by atoms with Crippen LogP contribution in [0, 0.1) is 0 Å². The Balaban J connectivity index is 2.26. The number of nitrogen functional groups attached to an aromatic ring is 1. The molecule has 1 aliphatic rings. The number of benzene rings is 1. The number of amides is 2. The summed E-state index contributed by atoms with van der Waals surface area (Å²) in [6.45, 7) is 1.60. The Labute approximate surface area is 89.3 Å². The van der Waals surface area contributed by atoms with E-state index in [1.54, 1.807) is 9.80 Å². The molecule has 0 bridgehead atoms. The average Bonchev–Trinajstić information content (AvgIpc) is 2.22. The highest BCUT2D eigenvalue weighted by Crippen LogP contribution is 2.21. The normalized spacial score (nSPS) is 17.0. The molecular formula is C11H15N3O. The van der Waals surface area contributed by atoms with E-state index >= 15 is 0 Å². The van der Waals surface area contributed by atoms with Crippen LogP contribution in [0.25, 0.3) is 0 Å². The molecule has 80 valence electrons. The molecule has 1 aromatic carbocycles. The molecule has 2 N–H and O–H groups in total. The quantitative estimate of drug-likeness (QED) is 0.707. The molecule has 0 aliphatic carbocycles. The minimum Gasteiger partial charge on any atom is -0.399 e. The highest BCUT2D eigenvalue weighted by Gasteiger charge is 2.23. The molecule has 0 spiro atoms. The van der Waals surface area contributed by atoms with Crippen LogP contribution in [0.15, 0.2) is 24.3 Å². The second kappa shape index (κ2) is 3.81. The van der Waals surface area contributed by atoms with Gasteiger partial charge in [-0.1, -0.05) is 6.07 Å². The van der Waals surface area contributed by atoms with E-state index in [2.05, 4.69) is 0 Å². The van der Waals surface area contributed by atoms with E-state index in [1.165, 1.54) is 0 Å². The second-order valence-corrected chi connectivity index (χ2v) is 3.80. The second-order valence-electron chi connectivity index (χ2n) is 3.80. The SMILES string of the molecule is CN1CCCN(c2cccc(N)c2)C1=O. The largest absolute Gasteiger partial charge is 0.399 e. The summed E-state index contributed by atoms with van der Waals surface area (Å²) in [6.07, 6.45) is 0.997. The predicted octanol–water partition coefficient (Wildman–Crippen LogP) is 1.53. The first-order chi connectivity index (χ1) is 7.18. The molecule has 0 radical (unpaired) electrons. The van der Waals surface area contributed by atoms with Crippen LogP contribution in [0.1, 0.15) is 6.42 Å². The van der Waals surface area contributed by atoms with E-state index in [0.717, 1.165) is 25.2 Å². The summed E-state index contributed by atoms with van der Waals surface area (Å²) in [6, 6.07) is 7.48. The zero-order valence-corrected chi connectivity index (χ0v) is 8.81. The molecule has 1 heterocycles. The number of anilines is 2. The summed E-state index contributed by atoms with van der Waals surface area (Å²) in [5.74, 6) is 0. The molecule has 1 aliphatic heterocycles. The van der Waals surface area contributed by atoms with Crippen molar-refractivity contribution in [2.45, 2.75) is 6.42 Å². The Kier molecular flexibility index (Phi) is 2.49. The van der Waals surface area contributed by atoms with Crippen molar-refractivity contribution in [1.82, 2.24) is 4.90 Å². The number of urea groups is 1. The van der Waals surface area contributed by atoms with Gasteiger partial charge in [-0.05, 0) is 24.6 Å². The number of nitrogens with two attached hydrogens (primary N) is 1. The molecule has 2 amide bonds. The van der Waals surface area contributed by atoms with Gasteiger partial charge < -0.3 is 10.6 Å². The van der Waals surface area contributed by atoms with E-state index in [4.69, 9.17) is 5.73 Å². The molecule has 2 rings (SSSR count). The summed E-state index contributed by atoms with van der Waals surface area (Å²) in [7, 11) is 1.82.